The molecule has 1 atom stereocenters. The number of hydrogen-bond donors (Lipinski definition) is 1. The molecule has 0 bridgehead atoms. The smallest absolute Gasteiger partial charge is 0.334 e. The van der Waals surface area contributed by atoms with Crippen LogP contribution in [0.25, 0.3) is 11.1 Å². The van der Waals surface area contributed by atoms with Gasteiger partial charge in [-0.25, -0.2) is 4.79 Å². The molecule has 0 saturated heterocycles. The van der Waals surface area contributed by atoms with Gasteiger partial charge < -0.3 is 14.6 Å². The zero-order chi connectivity index (χ0) is 17.2. The molecule has 128 valence electrons. The number of rotatable bonds is 9. The van der Waals surface area contributed by atoms with Crippen molar-refractivity contribution in [2.75, 3.05) is 13.7 Å². The predicted octanol–water partition coefficient (Wildman–Crippen LogP) is 3.83. The molecule has 2 rings (SSSR count). The van der Waals surface area contributed by atoms with Crippen LogP contribution in [-0.4, -0.2) is 30.9 Å². The van der Waals surface area contributed by atoms with Gasteiger partial charge in [0, 0.05) is 0 Å². The van der Waals surface area contributed by atoms with Gasteiger partial charge in [-0.2, -0.15) is 0 Å². The normalized spacial score (nSPS) is 11.8. The summed E-state index contributed by atoms with van der Waals surface area (Å²) in [6, 6.07) is 18.3. The predicted molar refractivity (Wildman–Crippen MR) is 93.9 cm³/mol. The van der Waals surface area contributed by atoms with Crippen molar-refractivity contribution in [3.05, 3.63) is 54.6 Å². The number of esters is 1. The topological polar surface area (TPSA) is 55.8 Å². The van der Waals surface area contributed by atoms with Crippen LogP contribution in [0.5, 0.6) is 5.75 Å². The lowest BCUT2D eigenvalue weighted by Gasteiger charge is -2.09. The first-order valence-corrected chi connectivity index (χ1v) is 8.25. The summed E-state index contributed by atoms with van der Waals surface area (Å²) in [7, 11) is 1.28. The van der Waals surface area contributed by atoms with Crippen LogP contribution in [0.15, 0.2) is 54.6 Å². The van der Waals surface area contributed by atoms with E-state index in [-0.39, 0.29) is 0 Å². The minimum absolute atomic E-state index is 0.429. The largest absolute Gasteiger partial charge is 0.494 e. The van der Waals surface area contributed by atoms with Crippen molar-refractivity contribution in [1.29, 1.82) is 0 Å². The van der Waals surface area contributed by atoms with E-state index in [1.807, 2.05) is 30.3 Å². The maximum atomic E-state index is 11.0. The molecule has 0 spiro atoms. The van der Waals surface area contributed by atoms with Crippen LogP contribution >= 0.6 is 0 Å². The lowest BCUT2D eigenvalue weighted by Crippen LogP contribution is -2.21. The summed E-state index contributed by atoms with van der Waals surface area (Å²) in [4.78, 5) is 11.0. The minimum Gasteiger partial charge on any atom is -0.494 e. The van der Waals surface area contributed by atoms with Crippen molar-refractivity contribution < 1.29 is 19.4 Å². The van der Waals surface area contributed by atoms with Crippen LogP contribution in [0.1, 0.15) is 25.7 Å². The summed E-state index contributed by atoms with van der Waals surface area (Å²) in [5.41, 5.74) is 2.35. The SMILES string of the molecule is COC(=O)C(O)CCCCCOc1ccc(-c2ccccc2)cc1. The zero-order valence-corrected chi connectivity index (χ0v) is 14.0. The van der Waals surface area contributed by atoms with E-state index in [2.05, 4.69) is 29.0 Å². The number of carbonyl (C=O) groups excluding carboxylic acids is 1. The summed E-state index contributed by atoms with van der Waals surface area (Å²) in [5.74, 6) is 0.286. The van der Waals surface area contributed by atoms with Gasteiger partial charge in [0.15, 0.2) is 6.10 Å². The summed E-state index contributed by atoms with van der Waals surface area (Å²) < 4.78 is 10.2. The maximum absolute atomic E-state index is 11.0. The van der Waals surface area contributed by atoms with Crippen LogP contribution < -0.4 is 4.74 Å². The zero-order valence-electron chi connectivity index (χ0n) is 14.0. The highest BCUT2D eigenvalue weighted by Crippen LogP contribution is 2.22. The molecule has 1 N–H and O–H groups in total. The lowest BCUT2D eigenvalue weighted by molar-refractivity contribution is -0.150. The van der Waals surface area contributed by atoms with Crippen LogP contribution in [0.3, 0.4) is 0 Å². The second-order valence-electron chi connectivity index (χ2n) is 5.63. The first-order chi connectivity index (χ1) is 11.7. The Morgan fingerprint density at radius 1 is 0.958 bits per heavy atom. The number of aliphatic hydroxyl groups is 1. The van der Waals surface area contributed by atoms with Crippen LogP contribution in [0.4, 0.5) is 0 Å². The molecule has 0 amide bonds. The Labute approximate surface area is 143 Å². The molecule has 24 heavy (non-hydrogen) atoms. The summed E-state index contributed by atoms with van der Waals surface area (Å²) in [6.07, 6.45) is 1.97. The molecule has 0 aliphatic heterocycles. The molecule has 0 radical (unpaired) electrons. The number of benzene rings is 2. The Kier molecular flexibility index (Phi) is 7.30. The maximum Gasteiger partial charge on any atom is 0.334 e. The van der Waals surface area contributed by atoms with Gasteiger partial charge in [-0.3, -0.25) is 0 Å². The highest BCUT2D eigenvalue weighted by molar-refractivity contribution is 5.74. The van der Waals surface area contributed by atoms with Gasteiger partial charge in [-0.1, -0.05) is 48.9 Å². The highest BCUT2D eigenvalue weighted by atomic mass is 16.5. The standard InChI is InChI=1S/C20H24O4/c1-23-20(22)19(21)10-6-3-7-15-24-18-13-11-17(12-14-18)16-8-4-2-5-9-16/h2,4-5,8-9,11-14,19,21H,3,6-7,10,15H2,1H3. The molecule has 0 aliphatic carbocycles. The molecular weight excluding hydrogens is 304 g/mol. The number of ether oxygens (including phenoxy) is 2. The summed E-state index contributed by atoms with van der Waals surface area (Å²) >= 11 is 0. The van der Waals surface area contributed by atoms with Gasteiger partial charge in [0.2, 0.25) is 0 Å². The van der Waals surface area contributed by atoms with Gasteiger partial charge in [0.25, 0.3) is 0 Å². The minimum atomic E-state index is -1.01. The van der Waals surface area contributed by atoms with Gasteiger partial charge in [0.05, 0.1) is 13.7 Å². The van der Waals surface area contributed by atoms with Gasteiger partial charge in [-0.15, -0.1) is 0 Å². The Balaban J connectivity index is 1.65. The molecule has 0 aromatic heterocycles. The Morgan fingerprint density at radius 2 is 1.62 bits per heavy atom. The van der Waals surface area contributed by atoms with E-state index in [1.165, 1.54) is 18.2 Å². The molecule has 0 aliphatic rings. The monoisotopic (exact) mass is 328 g/mol. The third-order valence-corrected chi connectivity index (χ3v) is 3.83. The van der Waals surface area contributed by atoms with E-state index < -0.39 is 12.1 Å². The van der Waals surface area contributed by atoms with Crippen LogP contribution in [0, 0.1) is 0 Å². The number of unbranched alkanes of at least 4 members (excludes halogenated alkanes) is 2. The van der Waals surface area contributed by atoms with E-state index >= 15 is 0 Å². The molecule has 2 aromatic rings. The fraction of sp³-hybridized carbons (Fsp3) is 0.350. The number of hydrogen-bond acceptors (Lipinski definition) is 4. The molecule has 0 fully saturated rings. The second-order valence-corrected chi connectivity index (χ2v) is 5.63. The number of carbonyl (C=O) groups is 1. The van der Waals surface area contributed by atoms with Gasteiger partial charge in [0.1, 0.15) is 5.75 Å². The molecule has 4 heteroatoms. The molecule has 2 aromatic carbocycles. The number of aliphatic hydroxyl groups excluding tert-OH is 1. The van der Waals surface area contributed by atoms with E-state index in [4.69, 9.17) is 4.74 Å². The summed E-state index contributed by atoms with van der Waals surface area (Å²) in [6.45, 7) is 0.624. The fourth-order valence-corrected chi connectivity index (χ4v) is 2.43. The van der Waals surface area contributed by atoms with Crippen molar-refractivity contribution in [3.8, 4) is 16.9 Å². The summed E-state index contributed by atoms with van der Waals surface area (Å²) in [5, 5.41) is 9.47. The average molecular weight is 328 g/mol. The molecule has 4 nitrogen and oxygen atoms in total. The Bertz CT molecular complexity index is 607. The fourth-order valence-electron chi connectivity index (χ4n) is 2.43. The molecule has 0 saturated carbocycles. The van der Waals surface area contributed by atoms with E-state index in [1.54, 1.807) is 0 Å². The Hall–Kier alpha value is -2.33. The van der Waals surface area contributed by atoms with Crippen molar-refractivity contribution in [3.63, 3.8) is 0 Å². The lowest BCUT2D eigenvalue weighted by atomic mass is 10.1. The number of methoxy groups -OCH3 is 1. The average Bonchev–Trinajstić information content (AvgIpc) is 2.64. The third kappa shape index (κ3) is 5.70. The van der Waals surface area contributed by atoms with E-state index in [9.17, 15) is 9.90 Å². The molecule has 0 heterocycles. The molecule has 1 unspecified atom stereocenters. The highest BCUT2D eigenvalue weighted by Gasteiger charge is 2.13. The first kappa shape index (κ1) is 18.0. The second kappa shape index (κ2) is 9.73. The van der Waals surface area contributed by atoms with Crippen molar-refractivity contribution in [2.45, 2.75) is 31.8 Å². The van der Waals surface area contributed by atoms with Crippen molar-refractivity contribution in [2.24, 2.45) is 0 Å². The third-order valence-electron chi connectivity index (χ3n) is 3.83. The van der Waals surface area contributed by atoms with Gasteiger partial charge in [-0.05, 0) is 42.5 Å². The van der Waals surface area contributed by atoms with E-state index in [0.717, 1.165) is 25.0 Å². The van der Waals surface area contributed by atoms with Crippen LogP contribution in [0.2, 0.25) is 0 Å². The molecular formula is C20H24O4. The van der Waals surface area contributed by atoms with E-state index in [0.29, 0.717) is 13.0 Å². The van der Waals surface area contributed by atoms with Gasteiger partial charge >= 0.3 is 5.97 Å². The van der Waals surface area contributed by atoms with Crippen molar-refractivity contribution >= 4 is 5.97 Å². The quantitative estimate of drug-likeness (QED) is 0.561. The van der Waals surface area contributed by atoms with Crippen LogP contribution in [-0.2, 0) is 9.53 Å². The Morgan fingerprint density at radius 3 is 2.29 bits per heavy atom. The first-order valence-electron chi connectivity index (χ1n) is 8.25. The van der Waals surface area contributed by atoms with Crippen molar-refractivity contribution in [1.82, 2.24) is 0 Å².